The second-order valence-corrected chi connectivity index (χ2v) is 3.61. The third-order valence-corrected chi connectivity index (χ3v) is 2.36. The average molecular weight is 318 g/mol. The number of carbonyl (C=O) groups is 1. The zero-order chi connectivity index (χ0) is 14.8. The van der Waals surface area contributed by atoms with Crippen molar-refractivity contribution >= 4 is 18.4 Å². The van der Waals surface area contributed by atoms with Gasteiger partial charge < -0.3 is 15.6 Å². The number of carbonyl (C=O) groups excluding carboxylic acids is 1. The summed E-state index contributed by atoms with van der Waals surface area (Å²) in [7, 11) is 0. The molecule has 0 amide bonds. The Hall–Kier alpha value is -1.54. The highest BCUT2D eigenvalue weighted by Gasteiger charge is 2.49. The van der Waals surface area contributed by atoms with Gasteiger partial charge in [0.15, 0.2) is 11.6 Å². The SMILES string of the molecule is CCOC(=O)C(F)(F)[C@@H](N)c1c(F)ccc(F)c1O.Cl. The molecule has 1 aromatic carbocycles. The predicted molar refractivity (Wildman–Crippen MR) is 63.8 cm³/mol. The maximum Gasteiger partial charge on any atom is 0.379 e. The van der Waals surface area contributed by atoms with Gasteiger partial charge in [-0.3, -0.25) is 0 Å². The largest absolute Gasteiger partial charge is 0.505 e. The van der Waals surface area contributed by atoms with E-state index in [9.17, 15) is 27.5 Å². The predicted octanol–water partition coefficient (Wildman–Crippen LogP) is 2.29. The van der Waals surface area contributed by atoms with Crippen molar-refractivity contribution in [3.63, 3.8) is 0 Å². The molecule has 1 rings (SSSR count). The first-order valence-corrected chi connectivity index (χ1v) is 5.20. The summed E-state index contributed by atoms with van der Waals surface area (Å²) in [4.78, 5) is 11.0. The van der Waals surface area contributed by atoms with E-state index in [2.05, 4.69) is 4.74 Å². The molecule has 0 spiro atoms. The fourth-order valence-corrected chi connectivity index (χ4v) is 1.39. The number of ether oxygens (including phenoxy) is 1. The highest BCUT2D eigenvalue weighted by molar-refractivity contribution is 5.85. The summed E-state index contributed by atoms with van der Waals surface area (Å²) in [6.45, 7) is 0.957. The van der Waals surface area contributed by atoms with Crippen LogP contribution in [0.15, 0.2) is 12.1 Å². The van der Waals surface area contributed by atoms with E-state index in [1.165, 1.54) is 6.92 Å². The summed E-state index contributed by atoms with van der Waals surface area (Å²) >= 11 is 0. The number of phenolic OH excluding ortho intramolecular Hbond substituents is 1. The van der Waals surface area contributed by atoms with E-state index in [1.54, 1.807) is 0 Å². The molecule has 0 aromatic heterocycles. The number of hydrogen-bond donors (Lipinski definition) is 2. The quantitative estimate of drug-likeness (QED) is 0.660. The summed E-state index contributed by atoms with van der Waals surface area (Å²) in [6, 6.07) is -1.50. The molecule has 1 atom stereocenters. The van der Waals surface area contributed by atoms with Gasteiger partial charge in [0.05, 0.1) is 12.2 Å². The lowest BCUT2D eigenvalue weighted by atomic mass is 9.99. The summed E-state index contributed by atoms with van der Waals surface area (Å²) in [5.74, 6) is -10.3. The highest BCUT2D eigenvalue weighted by Crippen LogP contribution is 2.37. The minimum Gasteiger partial charge on any atom is -0.505 e. The molecule has 1 aromatic rings. The van der Waals surface area contributed by atoms with Crippen LogP contribution in [0.2, 0.25) is 0 Å². The second-order valence-electron chi connectivity index (χ2n) is 3.61. The first-order valence-electron chi connectivity index (χ1n) is 5.20. The topological polar surface area (TPSA) is 72.5 Å². The summed E-state index contributed by atoms with van der Waals surface area (Å²) in [6.07, 6.45) is 0. The molecule has 0 fully saturated rings. The third-order valence-electron chi connectivity index (χ3n) is 2.36. The molecule has 0 saturated carbocycles. The smallest absolute Gasteiger partial charge is 0.379 e. The van der Waals surface area contributed by atoms with Crippen LogP contribution in [-0.2, 0) is 9.53 Å². The van der Waals surface area contributed by atoms with E-state index >= 15 is 0 Å². The van der Waals surface area contributed by atoms with Crippen molar-refractivity contribution < 1.29 is 32.2 Å². The number of nitrogens with two attached hydrogens (primary N) is 1. The van der Waals surface area contributed by atoms with Crippen LogP contribution in [0.5, 0.6) is 5.75 Å². The van der Waals surface area contributed by atoms with Crippen molar-refractivity contribution in [3.05, 3.63) is 29.3 Å². The van der Waals surface area contributed by atoms with Crippen LogP contribution in [0.25, 0.3) is 0 Å². The van der Waals surface area contributed by atoms with Crippen LogP contribution in [-0.4, -0.2) is 23.6 Å². The third kappa shape index (κ3) is 3.31. The number of rotatable bonds is 4. The number of esters is 1. The highest BCUT2D eigenvalue weighted by atomic mass is 35.5. The molecule has 0 aliphatic carbocycles. The lowest BCUT2D eigenvalue weighted by Crippen LogP contribution is -2.42. The Morgan fingerprint density at radius 2 is 1.90 bits per heavy atom. The molecule has 3 N–H and O–H groups in total. The molecule has 20 heavy (non-hydrogen) atoms. The number of alkyl halides is 2. The lowest BCUT2D eigenvalue weighted by molar-refractivity contribution is -0.175. The minimum atomic E-state index is -4.30. The Labute approximate surface area is 117 Å². The number of aromatic hydroxyl groups is 1. The van der Waals surface area contributed by atoms with Gasteiger partial charge in [-0.1, -0.05) is 0 Å². The van der Waals surface area contributed by atoms with Crippen LogP contribution < -0.4 is 5.73 Å². The lowest BCUT2D eigenvalue weighted by Gasteiger charge is -2.22. The average Bonchev–Trinajstić information content (AvgIpc) is 2.34. The molecule has 4 nitrogen and oxygen atoms in total. The minimum absolute atomic E-state index is 0. The molecule has 0 unspecified atom stereocenters. The molecule has 0 saturated heterocycles. The van der Waals surface area contributed by atoms with E-state index in [0.717, 1.165) is 0 Å². The van der Waals surface area contributed by atoms with Crippen molar-refractivity contribution in [3.8, 4) is 5.75 Å². The summed E-state index contributed by atoms with van der Waals surface area (Å²) < 4.78 is 57.6. The zero-order valence-corrected chi connectivity index (χ0v) is 11.0. The maximum atomic E-state index is 13.6. The van der Waals surface area contributed by atoms with E-state index in [1.807, 2.05) is 0 Å². The number of phenols is 1. The van der Waals surface area contributed by atoms with Crippen LogP contribution in [0.1, 0.15) is 18.5 Å². The molecule has 0 bridgehead atoms. The summed E-state index contributed by atoms with van der Waals surface area (Å²) in [5.41, 5.74) is 3.87. The van der Waals surface area contributed by atoms with E-state index in [4.69, 9.17) is 5.73 Å². The van der Waals surface area contributed by atoms with Gasteiger partial charge in [-0.15, -0.1) is 12.4 Å². The normalized spacial score (nSPS) is 12.5. The Balaban J connectivity index is 0.00000361. The van der Waals surface area contributed by atoms with Crippen LogP contribution in [0.3, 0.4) is 0 Å². The molecule has 0 aliphatic rings. The Bertz CT molecular complexity index is 499. The monoisotopic (exact) mass is 317 g/mol. The molecular weight excluding hydrogens is 306 g/mol. The molecule has 0 heterocycles. The van der Waals surface area contributed by atoms with Crippen molar-refractivity contribution in [2.45, 2.75) is 18.9 Å². The standard InChI is InChI=1S/C11H11F4NO3.ClH/c1-2-19-10(18)11(14,15)9(16)7-5(12)3-4-6(13)8(7)17;/h3-4,9,17H,2,16H2,1H3;1H/t9-;/m0./s1. The first-order chi connectivity index (χ1) is 8.73. The van der Waals surface area contributed by atoms with E-state index in [-0.39, 0.29) is 19.0 Å². The van der Waals surface area contributed by atoms with Gasteiger partial charge in [-0.05, 0) is 19.1 Å². The Morgan fingerprint density at radius 3 is 2.40 bits per heavy atom. The number of halogens is 5. The van der Waals surface area contributed by atoms with Crippen molar-refractivity contribution in [1.29, 1.82) is 0 Å². The molecule has 114 valence electrons. The fourth-order valence-electron chi connectivity index (χ4n) is 1.39. The first kappa shape index (κ1) is 18.5. The van der Waals surface area contributed by atoms with Crippen LogP contribution in [0.4, 0.5) is 17.6 Å². The van der Waals surface area contributed by atoms with Gasteiger partial charge in [0.2, 0.25) is 0 Å². The fraction of sp³-hybridized carbons (Fsp3) is 0.364. The van der Waals surface area contributed by atoms with Crippen molar-refractivity contribution in [1.82, 2.24) is 0 Å². The number of hydrogen-bond acceptors (Lipinski definition) is 4. The van der Waals surface area contributed by atoms with Gasteiger partial charge in [-0.25, -0.2) is 13.6 Å². The molecule has 0 aliphatic heterocycles. The second kappa shape index (κ2) is 6.76. The van der Waals surface area contributed by atoms with Gasteiger partial charge in [-0.2, -0.15) is 8.78 Å². The van der Waals surface area contributed by atoms with Gasteiger partial charge in [0.25, 0.3) is 0 Å². The molecule has 9 heteroatoms. The van der Waals surface area contributed by atoms with Gasteiger partial charge in [0.1, 0.15) is 11.9 Å². The maximum absolute atomic E-state index is 13.6. The van der Waals surface area contributed by atoms with Crippen LogP contribution in [0, 0.1) is 11.6 Å². The molecule has 0 radical (unpaired) electrons. The van der Waals surface area contributed by atoms with Crippen LogP contribution >= 0.6 is 12.4 Å². The zero-order valence-electron chi connectivity index (χ0n) is 10.2. The Morgan fingerprint density at radius 1 is 1.40 bits per heavy atom. The number of benzene rings is 1. The van der Waals surface area contributed by atoms with Gasteiger partial charge in [0, 0.05) is 0 Å². The van der Waals surface area contributed by atoms with Crippen molar-refractivity contribution in [2.24, 2.45) is 5.73 Å². The van der Waals surface area contributed by atoms with Gasteiger partial charge >= 0.3 is 11.9 Å². The summed E-state index contributed by atoms with van der Waals surface area (Å²) in [5, 5.41) is 9.24. The Kier molecular flexibility index (Phi) is 6.24. The van der Waals surface area contributed by atoms with E-state index in [0.29, 0.717) is 12.1 Å². The van der Waals surface area contributed by atoms with E-state index < -0.39 is 40.9 Å². The molecular formula is C11H12ClF4NO3. The van der Waals surface area contributed by atoms with Crippen molar-refractivity contribution in [2.75, 3.05) is 6.61 Å².